The Morgan fingerprint density at radius 1 is 1.22 bits per heavy atom. The van der Waals surface area contributed by atoms with E-state index in [2.05, 4.69) is 22.0 Å². The Morgan fingerprint density at radius 3 is 2.78 bits per heavy atom. The predicted molar refractivity (Wildman–Crippen MR) is 91.4 cm³/mol. The van der Waals surface area contributed by atoms with Crippen molar-refractivity contribution in [2.24, 2.45) is 0 Å². The lowest BCUT2D eigenvalue weighted by Crippen LogP contribution is -2.18. The number of pyridine rings is 1. The van der Waals surface area contributed by atoms with Gasteiger partial charge in [-0.2, -0.15) is 5.26 Å². The summed E-state index contributed by atoms with van der Waals surface area (Å²) in [6, 6.07) is 13.0. The van der Waals surface area contributed by atoms with Gasteiger partial charge in [0.2, 0.25) is 0 Å². The normalized spacial score (nSPS) is 11.1. The third-order valence-electron chi connectivity index (χ3n) is 3.76. The molecule has 1 aromatic carbocycles. The molecule has 0 aliphatic rings. The highest BCUT2D eigenvalue weighted by atomic mass is 79.9. The molecule has 2 heterocycles. The maximum atomic E-state index is 13.9. The molecule has 0 unspecified atom stereocenters. The van der Waals surface area contributed by atoms with E-state index in [1.807, 2.05) is 46.9 Å². The summed E-state index contributed by atoms with van der Waals surface area (Å²) >= 11 is 3.37. The van der Waals surface area contributed by atoms with Crippen LogP contribution in [0.2, 0.25) is 0 Å². The van der Waals surface area contributed by atoms with Crippen molar-refractivity contribution in [2.75, 3.05) is 7.05 Å². The molecule has 116 valence electrons. The first-order valence-corrected chi connectivity index (χ1v) is 7.99. The van der Waals surface area contributed by atoms with E-state index in [0.29, 0.717) is 24.2 Å². The van der Waals surface area contributed by atoms with E-state index in [9.17, 15) is 9.65 Å². The number of halogens is 2. The Labute approximate surface area is 142 Å². The van der Waals surface area contributed by atoms with Crippen LogP contribution < -0.4 is 0 Å². The zero-order valence-electron chi connectivity index (χ0n) is 12.6. The first kappa shape index (κ1) is 15.7. The van der Waals surface area contributed by atoms with Crippen LogP contribution in [-0.2, 0) is 13.1 Å². The number of hydrogen-bond donors (Lipinski definition) is 0. The minimum Gasteiger partial charge on any atom is -0.322 e. The fourth-order valence-corrected chi connectivity index (χ4v) is 3.14. The summed E-state index contributed by atoms with van der Waals surface area (Å²) in [5.41, 5.74) is 3.14. The molecule has 0 N–H and O–H groups in total. The monoisotopic (exact) mass is 371 g/mol. The van der Waals surface area contributed by atoms with Gasteiger partial charge in [0.1, 0.15) is 11.9 Å². The van der Waals surface area contributed by atoms with Gasteiger partial charge in [-0.25, -0.2) is 4.39 Å². The second kappa shape index (κ2) is 6.53. The molecule has 0 aliphatic carbocycles. The molecule has 23 heavy (non-hydrogen) atoms. The Bertz CT molecular complexity index is 895. The molecule has 0 radical (unpaired) electrons. The Kier molecular flexibility index (Phi) is 4.46. The van der Waals surface area contributed by atoms with E-state index in [-0.39, 0.29) is 5.82 Å². The summed E-state index contributed by atoms with van der Waals surface area (Å²) in [4.78, 5) is 2.00. The number of aromatic nitrogens is 1. The van der Waals surface area contributed by atoms with Crippen molar-refractivity contribution < 1.29 is 4.39 Å². The zero-order chi connectivity index (χ0) is 16.4. The van der Waals surface area contributed by atoms with E-state index in [1.165, 1.54) is 6.07 Å². The third kappa shape index (κ3) is 3.29. The quantitative estimate of drug-likeness (QED) is 0.682. The van der Waals surface area contributed by atoms with Crippen LogP contribution in [0.4, 0.5) is 4.39 Å². The molecule has 0 saturated carbocycles. The van der Waals surface area contributed by atoms with Gasteiger partial charge in [0.05, 0.1) is 11.1 Å². The SMILES string of the molecule is CN(Cc1cc(Br)ccc1F)Cc1cn2ccccc2c1C#N. The zero-order valence-corrected chi connectivity index (χ0v) is 14.2. The molecule has 0 saturated heterocycles. The van der Waals surface area contributed by atoms with Gasteiger partial charge >= 0.3 is 0 Å². The van der Waals surface area contributed by atoms with Crippen LogP contribution in [0.3, 0.4) is 0 Å². The molecular weight excluding hydrogens is 357 g/mol. The lowest BCUT2D eigenvalue weighted by atomic mass is 10.1. The smallest absolute Gasteiger partial charge is 0.127 e. The second-order valence-corrected chi connectivity index (χ2v) is 6.46. The lowest BCUT2D eigenvalue weighted by molar-refractivity contribution is 0.313. The Balaban J connectivity index is 1.84. The number of rotatable bonds is 4. The summed E-state index contributed by atoms with van der Waals surface area (Å²) in [6.07, 6.45) is 3.88. The van der Waals surface area contributed by atoms with Gasteiger partial charge in [-0.3, -0.25) is 4.90 Å². The summed E-state index contributed by atoms with van der Waals surface area (Å²) in [5.74, 6) is -0.220. The minimum atomic E-state index is -0.220. The number of benzene rings is 1. The first-order chi connectivity index (χ1) is 11.1. The van der Waals surface area contributed by atoms with Crippen LogP contribution in [0.5, 0.6) is 0 Å². The third-order valence-corrected chi connectivity index (χ3v) is 4.26. The van der Waals surface area contributed by atoms with E-state index in [4.69, 9.17) is 0 Å². The van der Waals surface area contributed by atoms with Gasteiger partial charge in [-0.15, -0.1) is 0 Å². The lowest BCUT2D eigenvalue weighted by Gasteiger charge is -2.17. The number of hydrogen-bond acceptors (Lipinski definition) is 2. The van der Waals surface area contributed by atoms with Crippen molar-refractivity contribution >= 4 is 21.4 Å². The van der Waals surface area contributed by atoms with Gasteiger partial charge in [-0.1, -0.05) is 22.0 Å². The van der Waals surface area contributed by atoms with Crippen LogP contribution in [0.15, 0.2) is 53.3 Å². The summed E-state index contributed by atoms with van der Waals surface area (Å²) < 4.78 is 16.7. The average Bonchev–Trinajstić information content (AvgIpc) is 2.87. The molecule has 2 aromatic heterocycles. The molecule has 3 aromatic rings. The van der Waals surface area contributed by atoms with Crippen molar-refractivity contribution in [3.8, 4) is 6.07 Å². The highest BCUT2D eigenvalue weighted by Gasteiger charge is 2.13. The average molecular weight is 372 g/mol. The Hall–Kier alpha value is -2.16. The van der Waals surface area contributed by atoms with Crippen LogP contribution >= 0.6 is 15.9 Å². The maximum absolute atomic E-state index is 13.9. The van der Waals surface area contributed by atoms with E-state index in [0.717, 1.165) is 15.6 Å². The van der Waals surface area contributed by atoms with Crippen LogP contribution in [0.1, 0.15) is 16.7 Å². The number of nitrogens with zero attached hydrogens (tertiary/aromatic N) is 3. The topological polar surface area (TPSA) is 31.4 Å². The van der Waals surface area contributed by atoms with Crippen LogP contribution in [0.25, 0.3) is 5.52 Å². The highest BCUT2D eigenvalue weighted by Crippen LogP contribution is 2.21. The molecular formula is C18H15BrFN3. The first-order valence-electron chi connectivity index (χ1n) is 7.19. The van der Waals surface area contributed by atoms with Crippen molar-refractivity contribution in [1.82, 2.24) is 9.30 Å². The summed E-state index contributed by atoms with van der Waals surface area (Å²) in [6.45, 7) is 1.05. The van der Waals surface area contributed by atoms with Gasteiger partial charge in [0.15, 0.2) is 0 Å². The molecule has 0 spiro atoms. The van der Waals surface area contributed by atoms with Crippen molar-refractivity contribution in [3.05, 3.63) is 75.8 Å². The molecule has 0 atom stereocenters. The molecule has 5 heteroatoms. The summed E-state index contributed by atoms with van der Waals surface area (Å²) in [5, 5.41) is 9.44. The number of nitriles is 1. The molecule has 3 rings (SSSR count). The van der Waals surface area contributed by atoms with Gasteiger partial charge in [-0.05, 0) is 37.4 Å². The van der Waals surface area contributed by atoms with Crippen molar-refractivity contribution in [1.29, 1.82) is 5.26 Å². The van der Waals surface area contributed by atoms with Crippen LogP contribution in [-0.4, -0.2) is 16.3 Å². The van der Waals surface area contributed by atoms with E-state index in [1.54, 1.807) is 12.1 Å². The Morgan fingerprint density at radius 2 is 2.00 bits per heavy atom. The molecule has 0 aliphatic heterocycles. The van der Waals surface area contributed by atoms with Gasteiger partial charge in [0, 0.05) is 41.1 Å². The van der Waals surface area contributed by atoms with E-state index >= 15 is 0 Å². The fraction of sp³-hybridized carbons (Fsp3) is 0.167. The highest BCUT2D eigenvalue weighted by molar-refractivity contribution is 9.10. The second-order valence-electron chi connectivity index (χ2n) is 5.54. The molecule has 0 bridgehead atoms. The number of fused-ring (bicyclic) bond motifs is 1. The van der Waals surface area contributed by atoms with Crippen molar-refractivity contribution in [2.45, 2.75) is 13.1 Å². The van der Waals surface area contributed by atoms with Crippen LogP contribution in [0, 0.1) is 17.1 Å². The standard InChI is InChI=1S/C18H15BrFN3/c1-22(10-13-8-15(19)5-6-17(13)20)11-14-12-23-7-3-2-4-18(23)16(14)9-21/h2-8,12H,10-11H2,1H3. The summed E-state index contributed by atoms with van der Waals surface area (Å²) in [7, 11) is 1.92. The fourth-order valence-electron chi connectivity index (χ4n) is 2.73. The minimum absolute atomic E-state index is 0.220. The van der Waals surface area contributed by atoms with Gasteiger partial charge < -0.3 is 4.40 Å². The van der Waals surface area contributed by atoms with E-state index < -0.39 is 0 Å². The molecule has 0 amide bonds. The molecule has 0 fully saturated rings. The van der Waals surface area contributed by atoms with Gasteiger partial charge in [0.25, 0.3) is 0 Å². The predicted octanol–water partition coefficient (Wildman–Crippen LogP) is 4.34. The molecule has 3 nitrogen and oxygen atoms in total. The van der Waals surface area contributed by atoms with Crippen molar-refractivity contribution in [3.63, 3.8) is 0 Å². The largest absolute Gasteiger partial charge is 0.322 e. The maximum Gasteiger partial charge on any atom is 0.127 e.